The molecule has 1 N–H and O–H groups in total. The number of nitrogens with zero attached hydrogens (tertiary/aromatic N) is 1. The Bertz CT molecular complexity index is 596. The zero-order chi connectivity index (χ0) is 14.8. The van der Waals surface area contributed by atoms with Gasteiger partial charge in [0.1, 0.15) is 11.3 Å². The Kier molecular flexibility index (Phi) is 4.32. The molecular formula is C18H26N2O. The molecule has 0 radical (unpaired) electrons. The second-order valence-corrected chi connectivity index (χ2v) is 6.45. The number of benzene rings is 1. The van der Waals surface area contributed by atoms with E-state index in [1.165, 1.54) is 30.3 Å². The summed E-state index contributed by atoms with van der Waals surface area (Å²) < 4.78 is 5.91. The molecule has 21 heavy (non-hydrogen) atoms. The molecule has 1 aromatic heterocycles. The van der Waals surface area contributed by atoms with Crippen LogP contribution in [0.15, 0.2) is 28.7 Å². The standard InChI is InChI=1S/C18H26N2O/c1-13(2)20(11-15-7-6-10-19-15)12-17-14(3)21-18-9-5-4-8-16(17)18/h4-5,8-9,13,15,19H,6-7,10-12H2,1-3H3. The van der Waals surface area contributed by atoms with Crippen LogP contribution in [0.2, 0.25) is 0 Å². The summed E-state index contributed by atoms with van der Waals surface area (Å²) >= 11 is 0. The molecule has 3 heteroatoms. The highest BCUT2D eigenvalue weighted by atomic mass is 16.3. The summed E-state index contributed by atoms with van der Waals surface area (Å²) in [4.78, 5) is 2.56. The van der Waals surface area contributed by atoms with Crippen molar-refractivity contribution >= 4 is 11.0 Å². The van der Waals surface area contributed by atoms with Gasteiger partial charge in [-0.1, -0.05) is 18.2 Å². The molecule has 2 aromatic rings. The monoisotopic (exact) mass is 286 g/mol. The zero-order valence-corrected chi connectivity index (χ0v) is 13.4. The van der Waals surface area contributed by atoms with E-state index in [2.05, 4.69) is 49.2 Å². The summed E-state index contributed by atoms with van der Waals surface area (Å²) in [6, 6.07) is 9.56. The van der Waals surface area contributed by atoms with Crippen LogP contribution in [0.25, 0.3) is 11.0 Å². The molecular weight excluding hydrogens is 260 g/mol. The molecule has 1 aromatic carbocycles. The summed E-state index contributed by atoms with van der Waals surface area (Å²) in [6.07, 6.45) is 2.61. The molecule has 1 atom stereocenters. The third kappa shape index (κ3) is 3.14. The fourth-order valence-corrected chi connectivity index (χ4v) is 3.27. The van der Waals surface area contributed by atoms with E-state index in [1.54, 1.807) is 0 Å². The van der Waals surface area contributed by atoms with Crippen LogP contribution in [0.4, 0.5) is 0 Å². The van der Waals surface area contributed by atoms with Crippen LogP contribution in [0.3, 0.4) is 0 Å². The van der Waals surface area contributed by atoms with E-state index in [0.717, 1.165) is 24.4 Å². The highest BCUT2D eigenvalue weighted by Gasteiger charge is 2.22. The minimum Gasteiger partial charge on any atom is -0.461 e. The third-order valence-electron chi connectivity index (χ3n) is 4.61. The molecule has 0 bridgehead atoms. The lowest BCUT2D eigenvalue weighted by atomic mass is 10.1. The Balaban J connectivity index is 1.82. The van der Waals surface area contributed by atoms with Gasteiger partial charge >= 0.3 is 0 Å². The molecule has 1 fully saturated rings. The second kappa shape index (κ2) is 6.20. The maximum Gasteiger partial charge on any atom is 0.134 e. The SMILES string of the molecule is Cc1oc2ccccc2c1CN(CC1CCCN1)C(C)C. The van der Waals surface area contributed by atoms with Gasteiger partial charge in [-0.3, -0.25) is 4.90 Å². The van der Waals surface area contributed by atoms with Gasteiger partial charge in [0.05, 0.1) is 0 Å². The predicted molar refractivity (Wildman–Crippen MR) is 87.5 cm³/mol. The summed E-state index contributed by atoms with van der Waals surface area (Å²) in [5.74, 6) is 1.06. The van der Waals surface area contributed by atoms with Crippen LogP contribution in [-0.4, -0.2) is 30.1 Å². The van der Waals surface area contributed by atoms with E-state index in [9.17, 15) is 0 Å². The van der Waals surface area contributed by atoms with Gasteiger partial charge in [-0.25, -0.2) is 0 Å². The number of hydrogen-bond acceptors (Lipinski definition) is 3. The lowest BCUT2D eigenvalue weighted by Gasteiger charge is -2.29. The molecule has 3 nitrogen and oxygen atoms in total. The van der Waals surface area contributed by atoms with E-state index in [-0.39, 0.29) is 0 Å². The Morgan fingerprint density at radius 2 is 2.14 bits per heavy atom. The first-order valence-electron chi connectivity index (χ1n) is 8.09. The molecule has 3 rings (SSSR count). The fourth-order valence-electron chi connectivity index (χ4n) is 3.27. The van der Waals surface area contributed by atoms with Crippen LogP contribution >= 0.6 is 0 Å². The molecule has 2 heterocycles. The van der Waals surface area contributed by atoms with Crippen LogP contribution < -0.4 is 5.32 Å². The molecule has 0 aliphatic carbocycles. The first-order chi connectivity index (χ1) is 10.1. The van der Waals surface area contributed by atoms with E-state index in [0.29, 0.717) is 12.1 Å². The van der Waals surface area contributed by atoms with Crippen LogP contribution in [0, 0.1) is 6.92 Å². The van der Waals surface area contributed by atoms with E-state index in [4.69, 9.17) is 4.42 Å². The number of nitrogens with one attached hydrogen (secondary N) is 1. The van der Waals surface area contributed by atoms with Crippen molar-refractivity contribution in [1.82, 2.24) is 10.2 Å². The summed E-state index contributed by atoms with van der Waals surface area (Å²) in [5, 5.41) is 4.87. The van der Waals surface area contributed by atoms with Crippen molar-refractivity contribution in [3.63, 3.8) is 0 Å². The van der Waals surface area contributed by atoms with E-state index < -0.39 is 0 Å². The number of para-hydroxylation sites is 1. The van der Waals surface area contributed by atoms with Gasteiger partial charge in [-0.05, 0) is 46.2 Å². The Labute approximate surface area is 127 Å². The van der Waals surface area contributed by atoms with Crippen LogP contribution in [0.1, 0.15) is 38.0 Å². The van der Waals surface area contributed by atoms with Gasteiger partial charge in [0, 0.05) is 36.1 Å². The van der Waals surface area contributed by atoms with Crippen molar-refractivity contribution in [2.24, 2.45) is 0 Å². The molecule has 0 amide bonds. The van der Waals surface area contributed by atoms with Gasteiger partial charge in [0.15, 0.2) is 0 Å². The first kappa shape index (κ1) is 14.6. The molecule has 1 saturated heterocycles. The minimum atomic E-state index is 0.542. The van der Waals surface area contributed by atoms with Gasteiger partial charge in [-0.15, -0.1) is 0 Å². The Morgan fingerprint density at radius 3 is 2.86 bits per heavy atom. The summed E-state index contributed by atoms with van der Waals surface area (Å²) in [5.41, 5.74) is 2.35. The number of furan rings is 1. The van der Waals surface area contributed by atoms with E-state index >= 15 is 0 Å². The second-order valence-electron chi connectivity index (χ2n) is 6.45. The maximum absolute atomic E-state index is 5.91. The number of aryl methyl sites for hydroxylation is 1. The quantitative estimate of drug-likeness (QED) is 0.908. The highest BCUT2D eigenvalue weighted by Crippen LogP contribution is 2.27. The van der Waals surface area contributed by atoms with Gasteiger partial charge < -0.3 is 9.73 Å². The summed E-state index contributed by atoms with van der Waals surface area (Å²) in [7, 11) is 0. The largest absolute Gasteiger partial charge is 0.461 e. The lowest BCUT2D eigenvalue weighted by molar-refractivity contribution is 0.193. The average molecular weight is 286 g/mol. The normalized spacial score (nSPS) is 19.2. The third-order valence-corrected chi connectivity index (χ3v) is 4.61. The van der Waals surface area contributed by atoms with Crippen molar-refractivity contribution in [2.75, 3.05) is 13.1 Å². The predicted octanol–water partition coefficient (Wildman–Crippen LogP) is 3.70. The molecule has 1 unspecified atom stereocenters. The molecule has 0 spiro atoms. The van der Waals surface area contributed by atoms with Crippen LogP contribution in [-0.2, 0) is 6.54 Å². The van der Waals surface area contributed by atoms with E-state index in [1.807, 2.05) is 6.07 Å². The van der Waals surface area contributed by atoms with Crippen molar-refractivity contribution in [1.29, 1.82) is 0 Å². The Hall–Kier alpha value is -1.32. The smallest absolute Gasteiger partial charge is 0.134 e. The minimum absolute atomic E-state index is 0.542. The number of rotatable bonds is 5. The van der Waals surface area contributed by atoms with Crippen molar-refractivity contribution in [3.05, 3.63) is 35.6 Å². The van der Waals surface area contributed by atoms with Crippen molar-refractivity contribution < 1.29 is 4.42 Å². The zero-order valence-electron chi connectivity index (χ0n) is 13.4. The van der Waals surface area contributed by atoms with Gasteiger partial charge in [0.2, 0.25) is 0 Å². The first-order valence-corrected chi connectivity index (χ1v) is 8.09. The van der Waals surface area contributed by atoms with Gasteiger partial charge in [-0.2, -0.15) is 0 Å². The number of hydrogen-bond donors (Lipinski definition) is 1. The van der Waals surface area contributed by atoms with Crippen molar-refractivity contribution in [3.8, 4) is 0 Å². The highest BCUT2D eigenvalue weighted by molar-refractivity contribution is 5.82. The Morgan fingerprint density at radius 1 is 1.33 bits per heavy atom. The van der Waals surface area contributed by atoms with Crippen LogP contribution in [0.5, 0.6) is 0 Å². The maximum atomic E-state index is 5.91. The van der Waals surface area contributed by atoms with Crippen molar-refractivity contribution in [2.45, 2.75) is 52.2 Å². The molecule has 114 valence electrons. The molecule has 0 saturated carbocycles. The lowest BCUT2D eigenvalue weighted by Crippen LogP contribution is -2.40. The average Bonchev–Trinajstić information content (AvgIpc) is 3.06. The summed E-state index contributed by atoms with van der Waals surface area (Å²) in [6.45, 7) is 9.92. The molecule has 1 aliphatic heterocycles. The number of fused-ring (bicyclic) bond motifs is 1. The molecule has 1 aliphatic rings. The fraction of sp³-hybridized carbons (Fsp3) is 0.556. The van der Waals surface area contributed by atoms with Gasteiger partial charge in [0.25, 0.3) is 0 Å². The topological polar surface area (TPSA) is 28.4 Å².